The minimum Gasteiger partial charge on any atom is -0.389 e. The van der Waals surface area contributed by atoms with Gasteiger partial charge in [0, 0.05) is 35.3 Å². The smallest absolute Gasteiger partial charge is 0.389 e. The molecule has 6 heteroatoms. The predicted octanol–water partition coefficient (Wildman–Crippen LogP) is 5.31. The number of pyridine rings is 1. The molecule has 2 heterocycles. The predicted molar refractivity (Wildman–Crippen MR) is 98.4 cm³/mol. The van der Waals surface area contributed by atoms with E-state index < -0.39 is 17.8 Å². The zero-order chi connectivity index (χ0) is 19.2. The largest absolute Gasteiger partial charge is 0.416 e. The lowest BCUT2D eigenvalue weighted by atomic mass is 10.0. The molecule has 1 N–H and O–H groups in total. The Hall–Kier alpha value is -2.86. The number of fused-ring (bicyclic) bond motifs is 2. The Labute approximate surface area is 153 Å². The minimum atomic E-state index is -4.46. The SMILES string of the molecule is CC(O)c1cc(C(F)(F)F)cc2ccn(Cc3cccc4ncccc34)c12. The van der Waals surface area contributed by atoms with Crippen LogP contribution in [0.25, 0.3) is 21.8 Å². The third-order valence-corrected chi connectivity index (χ3v) is 4.74. The minimum absolute atomic E-state index is 0.267. The molecule has 0 radical (unpaired) electrons. The van der Waals surface area contributed by atoms with Crippen molar-refractivity contribution in [3.05, 3.63) is 77.6 Å². The molecular formula is C21H17F3N2O. The number of aliphatic hydroxyl groups excluding tert-OH is 1. The number of hydrogen-bond acceptors (Lipinski definition) is 2. The van der Waals surface area contributed by atoms with Gasteiger partial charge in [0.1, 0.15) is 0 Å². The molecule has 2 aromatic carbocycles. The van der Waals surface area contributed by atoms with Crippen LogP contribution in [0.1, 0.15) is 29.7 Å². The zero-order valence-corrected chi connectivity index (χ0v) is 14.5. The second-order valence-corrected chi connectivity index (χ2v) is 6.61. The van der Waals surface area contributed by atoms with Crippen LogP contribution in [-0.2, 0) is 12.7 Å². The first-order valence-electron chi connectivity index (χ1n) is 8.55. The van der Waals surface area contributed by atoms with Gasteiger partial charge in [-0.2, -0.15) is 13.2 Å². The number of aromatic nitrogens is 2. The second kappa shape index (κ2) is 6.39. The van der Waals surface area contributed by atoms with Crippen molar-refractivity contribution in [1.82, 2.24) is 9.55 Å². The molecule has 0 aliphatic carbocycles. The average Bonchev–Trinajstić information content (AvgIpc) is 3.03. The van der Waals surface area contributed by atoms with E-state index in [1.54, 1.807) is 18.5 Å². The van der Waals surface area contributed by atoms with E-state index >= 15 is 0 Å². The molecule has 2 aromatic heterocycles. The van der Waals surface area contributed by atoms with E-state index in [2.05, 4.69) is 4.98 Å². The van der Waals surface area contributed by atoms with Gasteiger partial charge >= 0.3 is 6.18 Å². The normalized spacial score (nSPS) is 13.4. The maximum Gasteiger partial charge on any atom is 0.416 e. The van der Waals surface area contributed by atoms with Crippen molar-refractivity contribution >= 4 is 21.8 Å². The summed E-state index contributed by atoms with van der Waals surface area (Å²) in [7, 11) is 0. The molecule has 0 saturated carbocycles. The fraction of sp³-hybridized carbons (Fsp3) is 0.190. The number of halogens is 3. The number of hydrogen-bond donors (Lipinski definition) is 1. The summed E-state index contributed by atoms with van der Waals surface area (Å²) in [5.41, 5.74) is 2.00. The molecule has 4 aromatic rings. The number of rotatable bonds is 3. The molecule has 0 fully saturated rings. The Kier molecular flexibility index (Phi) is 4.15. The monoisotopic (exact) mass is 370 g/mol. The highest BCUT2D eigenvalue weighted by molar-refractivity contribution is 5.86. The highest BCUT2D eigenvalue weighted by Crippen LogP contribution is 2.36. The van der Waals surface area contributed by atoms with Crippen LogP contribution in [0.4, 0.5) is 13.2 Å². The summed E-state index contributed by atoms with van der Waals surface area (Å²) >= 11 is 0. The summed E-state index contributed by atoms with van der Waals surface area (Å²) < 4.78 is 41.5. The van der Waals surface area contributed by atoms with Gasteiger partial charge in [-0.25, -0.2) is 0 Å². The summed E-state index contributed by atoms with van der Waals surface area (Å²) in [6.45, 7) is 1.95. The fourth-order valence-corrected chi connectivity index (χ4v) is 3.49. The first kappa shape index (κ1) is 17.5. The Morgan fingerprint density at radius 3 is 2.67 bits per heavy atom. The molecule has 0 aliphatic heterocycles. The van der Waals surface area contributed by atoms with Gasteiger partial charge in [-0.15, -0.1) is 0 Å². The van der Waals surface area contributed by atoms with Crippen LogP contribution in [0, 0.1) is 0 Å². The van der Waals surface area contributed by atoms with Crippen LogP contribution in [0.15, 0.2) is 60.9 Å². The summed E-state index contributed by atoms with van der Waals surface area (Å²) in [6, 6.07) is 13.5. The maximum atomic E-state index is 13.2. The topological polar surface area (TPSA) is 38.0 Å². The van der Waals surface area contributed by atoms with Gasteiger partial charge in [0.25, 0.3) is 0 Å². The van der Waals surface area contributed by atoms with E-state index in [0.29, 0.717) is 17.4 Å². The standard InChI is InChI=1S/C21H17F3N2O/c1-13(27)18-11-16(21(22,23)24)10-14-7-9-26(20(14)18)12-15-4-2-6-19-17(15)5-3-8-25-19/h2-11,13,27H,12H2,1H3. The van der Waals surface area contributed by atoms with Gasteiger partial charge in [0.05, 0.1) is 22.7 Å². The van der Waals surface area contributed by atoms with Crippen LogP contribution in [0.2, 0.25) is 0 Å². The van der Waals surface area contributed by atoms with E-state index in [-0.39, 0.29) is 5.56 Å². The van der Waals surface area contributed by atoms with Crippen molar-refractivity contribution in [2.75, 3.05) is 0 Å². The molecule has 27 heavy (non-hydrogen) atoms. The van der Waals surface area contributed by atoms with Crippen LogP contribution in [-0.4, -0.2) is 14.7 Å². The van der Waals surface area contributed by atoms with Crippen molar-refractivity contribution in [2.24, 2.45) is 0 Å². The van der Waals surface area contributed by atoms with Crippen molar-refractivity contribution < 1.29 is 18.3 Å². The number of aliphatic hydroxyl groups is 1. The molecular weight excluding hydrogens is 353 g/mol. The zero-order valence-electron chi connectivity index (χ0n) is 14.5. The summed E-state index contributed by atoms with van der Waals surface area (Å²) in [6.07, 6.45) is -1.99. The quantitative estimate of drug-likeness (QED) is 0.531. The second-order valence-electron chi connectivity index (χ2n) is 6.61. The van der Waals surface area contributed by atoms with Crippen molar-refractivity contribution in [3.8, 4) is 0 Å². The Morgan fingerprint density at radius 2 is 1.93 bits per heavy atom. The molecule has 4 rings (SSSR count). The molecule has 0 aliphatic rings. The summed E-state index contributed by atoms with van der Waals surface area (Å²) in [5.74, 6) is 0. The Morgan fingerprint density at radius 1 is 1.11 bits per heavy atom. The van der Waals surface area contributed by atoms with Crippen molar-refractivity contribution in [1.29, 1.82) is 0 Å². The van der Waals surface area contributed by atoms with Crippen LogP contribution >= 0.6 is 0 Å². The first-order valence-corrected chi connectivity index (χ1v) is 8.55. The van der Waals surface area contributed by atoms with Crippen molar-refractivity contribution in [2.45, 2.75) is 25.7 Å². The molecule has 0 amide bonds. The molecule has 3 nitrogen and oxygen atoms in total. The molecule has 1 atom stereocenters. The fourth-order valence-electron chi connectivity index (χ4n) is 3.49. The van der Waals surface area contributed by atoms with Crippen LogP contribution < -0.4 is 0 Å². The van der Waals surface area contributed by atoms with Gasteiger partial charge in [-0.05, 0) is 42.8 Å². The number of alkyl halides is 3. The number of nitrogens with zero attached hydrogens (tertiary/aromatic N) is 2. The molecule has 0 saturated heterocycles. The Balaban J connectivity index is 1.88. The number of benzene rings is 2. The van der Waals surface area contributed by atoms with Gasteiger partial charge < -0.3 is 9.67 Å². The summed E-state index contributed by atoms with van der Waals surface area (Å²) in [5, 5.41) is 11.6. The van der Waals surface area contributed by atoms with Gasteiger partial charge in [-0.1, -0.05) is 18.2 Å². The third kappa shape index (κ3) is 3.17. The van der Waals surface area contributed by atoms with E-state index in [9.17, 15) is 18.3 Å². The van der Waals surface area contributed by atoms with E-state index in [4.69, 9.17) is 0 Å². The third-order valence-electron chi connectivity index (χ3n) is 4.74. The first-order chi connectivity index (χ1) is 12.8. The van der Waals surface area contributed by atoms with Gasteiger partial charge in [0.15, 0.2) is 0 Å². The maximum absolute atomic E-state index is 13.2. The highest BCUT2D eigenvalue weighted by Gasteiger charge is 2.32. The lowest BCUT2D eigenvalue weighted by Crippen LogP contribution is -2.08. The molecule has 0 bridgehead atoms. The molecule has 138 valence electrons. The molecule has 1 unspecified atom stereocenters. The Bertz CT molecular complexity index is 1120. The van der Waals surface area contributed by atoms with Gasteiger partial charge in [0.2, 0.25) is 0 Å². The van der Waals surface area contributed by atoms with E-state index in [0.717, 1.165) is 28.6 Å². The van der Waals surface area contributed by atoms with Crippen molar-refractivity contribution in [3.63, 3.8) is 0 Å². The van der Waals surface area contributed by atoms with E-state index in [1.165, 1.54) is 6.92 Å². The van der Waals surface area contributed by atoms with Gasteiger partial charge in [-0.3, -0.25) is 4.98 Å². The van der Waals surface area contributed by atoms with Crippen LogP contribution in [0.3, 0.4) is 0 Å². The summed E-state index contributed by atoms with van der Waals surface area (Å²) in [4.78, 5) is 4.34. The lowest BCUT2D eigenvalue weighted by molar-refractivity contribution is -0.137. The average molecular weight is 370 g/mol. The molecule has 0 spiro atoms. The lowest BCUT2D eigenvalue weighted by Gasteiger charge is -2.16. The highest BCUT2D eigenvalue weighted by atomic mass is 19.4. The van der Waals surface area contributed by atoms with E-state index in [1.807, 2.05) is 34.9 Å². The van der Waals surface area contributed by atoms with Crippen LogP contribution in [0.5, 0.6) is 0 Å².